The summed E-state index contributed by atoms with van der Waals surface area (Å²) in [6.07, 6.45) is 0.588. The van der Waals surface area contributed by atoms with Crippen LogP contribution < -0.4 is 0 Å². The number of rotatable bonds is 10. The summed E-state index contributed by atoms with van der Waals surface area (Å²) in [7, 11) is -2.31. The number of esters is 1. The molecule has 0 saturated carbocycles. The predicted molar refractivity (Wildman–Crippen MR) is 78.8 cm³/mol. The zero-order chi connectivity index (χ0) is 14.9. The Labute approximate surface area is 124 Å². The summed E-state index contributed by atoms with van der Waals surface area (Å²) in [4.78, 5) is 11.7. The maximum Gasteiger partial charge on any atom is 0.512 e. The van der Waals surface area contributed by atoms with E-state index in [4.69, 9.17) is 17.1 Å². The van der Waals surface area contributed by atoms with E-state index >= 15 is 0 Å². The molecular formula is C10H20O5Si4. The molecule has 0 aliphatic carbocycles. The van der Waals surface area contributed by atoms with Gasteiger partial charge in [-0.05, 0) is 33.0 Å². The molecule has 0 fully saturated rings. The average Bonchev–Trinajstić information content (AvgIpc) is 2.36. The molecule has 0 rings (SSSR count). The fourth-order valence-corrected chi connectivity index (χ4v) is 8.69. The maximum absolute atomic E-state index is 11.7. The van der Waals surface area contributed by atoms with E-state index in [-0.39, 0.29) is 29.3 Å². The summed E-state index contributed by atoms with van der Waals surface area (Å²) in [5.41, 5.74) is -0.123. The molecular weight excluding hydrogens is 312 g/mol. The highest BCUT2D eigenvalue weighted by Gasteiger charge is 2.50. The van der Waals surface area contributed by atoms with E-state index in [1.807, 2.05) is 26.6 Å². The maximum atomic E-state index is 11.7. The molecule has 0 heterocycles. The third-order valence-corrected chi connectivity index (χ3v) is 9.27. The van der Waals surface area contributed by atoms with Crippen LogP contribution in [0.25, 0.3) is 0 Å². The molecule has 0 amide bonds. The van der Waals surface area contributed by atoms with Gasteiger partial charge in [0, 0.05) is 5.57 Å². The Morgan fingerprint density at radius 1 is 1.16 bits per heavy atom. The lowest BCUT2D eigenvalue weighted by Gasteiger charge is -2.34. The minimum atomic E-state index is -2.98. The molecule has 0 spiro atoms. The Bertz CT molecular complexity index is 283. The Balaban J connectivity index is 5.12. The van der Waals surface area contributed by atoms with Crippen molar-refractivity contribution in [1.29, 1.82) is 0 Å². The second-order valence-corrected chi connectivity index (χ2v) is 9.13. The van der Waals surface area contributed by atoms with Crippen molar-refractivity contribution in [3.63, 3.8) is 0 Å². The van der Waals surface area contributed by atoms with Gasteiger partial charge >= 0.3 is 14.8 Å². The molecule has 0 aliphatic rings. The summed E-state index contributed by atoms with van der Waals surface area (Å²) >= 11 is 0. The molecule has 0 N–H and O–H groups in total. The van der Waals surface area contributed by atoms with E-state index in [1.54, 1.807) is 6.92 Å². The first-order chi connectivity index (χ1) is 8.97. The van der Waals surface area contributed by atoms with Crippen LogP contribution in [-0.2, 0) is 21.9 Å². The van der Waals surface area contributed by atoms with Gasteiger partial charge in [-0.25, -0.2) is 4.79 Å². The van der Waals surface area contributed by atoms with Crippen molar-refractivity contribution in [1.82, 2.24) is 0 Å². The van der Waals surface area contributed by atoms with Crippen LogP contribution in [0.5, 0.6) is 0 Å². The summed E-state index contributed by atoms with van der Waals surface area (Å²) in [5, 5.41) is 0. The van der Waals surface area contributed by atoms with Crippen LogP contribution in [0, 0.1) is 0 Å². The third-order valence-electron chi connectivity index (χ3n) is 2.10. The fraction of sp³-hybridized carbons (Fsp3) is 0.700. The lowest BCUT2D eigenvalue weighted by atomic mass is 10.4. The summed E-state index contributed by atoms with van der Waals surface area (Å²) in [5.74, 6) is -0.433. The van der Waals surface area contributed by atoms with Crippen molar-refractivity contribution in [3.8, 4) is 0 Å². The number of hydrogen-bond acceptors (Lipinski definition) is 5. The molecule has 0 aromatic carbocycles. The van der Waals surface area contributed by atoms with Gasteiger partial charge in [0.2, 0.25) is 29.3 Å². The highest BCUT2D eigenvalue weighted by atomic mass is 28.5. The van der Waals surface area contributed by atoms with Gasteiger partial charge in [-0.15, -0.1) is 0 Å². The molecule has 9 heteroatoms. The molecule has 0 aromatic rings. The van der Waals surface area contributed by atoms with Gasteiger partial charge in [-0.2, -0.15) is 0 Å². The van der Waals surface area contributed by atoms with E-state index < -0.39 is 20.5 Å². The fourth-order valence-electron chi connectivity index (χ4n) is 1.32. The topological polar surface area (TPSA) is 54.0 Å². The van der Waals surface area contributed by atoms with Gasteiger partial charge in [-0.1, -0.05) is 13.5 Å². The van der Waals surface area contributed by atoms with E-state index in [0.29, 0.717) is 12.0 Å². The van der Waals surface area contributed by atoms with Gasteiger partial charge in [0.25, 0.3) is 0 Å². The van der Waals surface area contributed by atoms with Crippen molar-refractivity contribution in [2.24, 2.45) is 0 Å². The van der Waals surface area contributed by atoms with Crippen molar-refractivity contribution in [2.75, 3.05) is 0 Å². The molecule has 19 heavy (non-hydrogen) atoms. The number of hydrogen-bond donors (Lipinski definition) is 0. The van der Waals surface area contributed by atoms with Gasteiger partial charge < -0.3 is 17.1 Å². The lowest BCUT2D eigenvalue weighted by Crippen LogP contribution is -2.59. The van der Waals surface area contributed by atoms with Crippen LogP contribution in [0.15, 0.2) is 12.2 Å². The van der Waals surface area contributed by atoms with Gasteiger partial charge in [-0.3, -0.25) is 0 Å². The molecule has 0 aliphatic heterocycles. The molecule has 6 radical (unpaired) electrons. The van der Waals surface area contributed by atoms with Crippen molar-refractivity contribution >= 4 is 44.1 Å². The van der Waals surface area contributed by atoms with Gasteiger partial charge in [0.15, 0.2) is 5.73 Å². The summed E-state index contributed by atoms with van der Waals surface area (Å²) < 4.78 is 22.8. The minimum Gasteiger partial charge on any atom is -0.455 e. The lowest BCUT2D eigenvalue weighted by molar-refractivity contribution is -0.142. The standard InChI is InChI=1S/C10H20O5Si4/c1-7-9(12-10(11)8(2)3)19(13-16-4,14-17-5)15-18-6/h9H,2,7H2,1,3-6H3. The molecule has 5 nitrogen and oxygen atoms in total. The second kappa shape index (κ2) is 9.80. The SMILES string of the molecule is C=C(C)C(=O)OC(CC)[Si](O[Si]C)(O[Si]C)O[Si]C. The van der Waals surface area contributed by atoms with Crippen LogP contribution in [-0.4, -0.2) is 49.8 Å². The summed E-state index contributed by atoms with van der Waals surface area (Å²) in [6, 6.07) is 0. The van der Waals surface area contributed by atoms with Crippen LogP contribution in [0.2, 0.25) is 19.6 Å². The number of carbonyl (C=O) groups is 1. The first-order valence-corrected chi connectivity index (χ1v) is 11.9. The Morgan fingerprint density at radius 2 is 1.58 bits per heavy atom. The highest BCUT2D eigenvalue weighted by molar-refractivity contribution is 6.74. The molecule has 0 aromatic heterocycles. The third kappa shape index (κ3) is 5.85. The van der Waals surface area contributed by atoms with Gasteiger partial charge in [0.05, 0.1) is 0 Å². The van der Waals surface area contributed by atoms with Crippen LogP contribution in [0.1, 0.15) is 20.3 Å². The van der Waals surface area contributed by atoms with E-state index in [0.717, 1.165) is 0 Å². The molecule has 1 atom stereocenters. The van der Waals surface area contributed by atoms with Crippen molar-refractivity contribution in [2.45, 2.75) is 45.6 Å². The normalized spacial score (nSPS) is 13.1. The quantitative estimate of drug-likeness (QED) is 0.344. The van der Waals surface area contributed by atoms with Crippen LogP contribution in [0.3, 0.4) is 0 Å². The monoisotopic (exact) mass is 332 g/mol. The second-order valence-electron chi connectivity index (χ2n) is 3.60. The van der Waals surface area contributed by atoms with E-state index in [9.17, 15) is 4.79 Å². The smallest absolute Gasteiger partial charge is 0.455 e. The van der Waals surface area contributed by atoms with Crippen molar-refractivity contribution < 1.29 is 21.9 Å². The first kappa shape index (κ1) is 19.0. The largest absolute Gasteiger partial charge is 0.512 e. The Morgan fingerprint density at radius 3 is 1.84 bits per heavy atom. The average molecular weight is 333 g/mol. The Hall–Kier alpha value is -0.0425. The highest BCUT2D eigenvalue weighted by Crippen LogP contribution is 2.20. The van der Waals surface area contributed by atoms with Crippen LogP contribution in [0.4, 0.5) is 0 Å². The van der Waals surface area contributed by atoms with Crippen LogP contribution >= 0.6 is 0 Å². The Kier molecular flexibility index (Phi) is 9.78. The molecule has 106 valence electrons. The summed E-state index contributed by atoms with van der Waals surface area (Å²) in [6.45, 7) is 12.8. The zero-order valence-electron chi connectivity index (χ0n) is 12.0. The zero-order valence-corrected chi connectivity index (χ0v) is 16.0. The molecule has 0 saturated heterocycles. The first-order valence-electron chi connectivity index (χ1n) is 5.88. The van der Waals surface area contributed by atoms with Crippen molar-refractivity contribution in [3.05, 3.63) is 12.2 Å². The van der Waals surface area contributed by atoms with E-state index in [2.05, 4.69) is 6.58 Å². The molecule has 1 unspecified atom stereocenters. The number of ether oxygens (including phenoxy) is 1. The minimum absolute atomic E-state index is 0.223. The molecule has 0 bridgehead atoms. The number of carbonyl (C=O) groups excluding carboxylic acids is 1. The van der Waals surface area contributed by atoms with E-state index in [1.165, 1.54) is 0 Å². The van der Waals surface area contributed by atoms with Gasteiger partial charge in [0.1, 0.15) is 0 Å². The predicted octanol–water partition coefficient (Wildman–Crippen LogP) is 1.41.